The zero-order valence-electron chi connectivity index (χ0n) is 14.2. The van der Waals surface area contributed by atoms with Gasteiger partial charge in [0.2, 0.25) is 6.41 Å². The van der Waals surface area contributed by atoms with E-state index in [4.69, 9.17) is 5.11 Å². The molecule has 130 valence electrons. The maximum Gasteiger partial charge on any atom is 0.334 e. The molecule has 0 spiro atoms. The molecule has 2 aromatic carbocycles. The molecule has 6 heteroatoms. The Bertz CT molecular complexity index is 829. The molecule has 0 saturated heterocycles. The number of aryl methyl sites for hydroxylation is 1. The Balaban J connectivity index is 2.50. The number of carboxylic acid groups (broad SMARTS) is 1. The van der Waals surface area contributed by atoms with Crippen LogP contribution in [0.5, 0.6) is 0 Å². The lowest BCUT2D eigenvalue weighted by atomic mass is 9.99. The number of carbonyl (C=O) groups is 3. The third-order valence-corrected chi connectivity index (χ3v) is 3.84. The summed E-state index contributed by atoms with van der Waals surface area (Å²) in [7, 11) is 1.57. The highest BCUT2D eigenvalue weighted by atomic mass is 16.4. The molecule has 0 bridgehead atoms. The summed E-state index contributed by atoms with van der Waals surface area (Å²) in [6.07, 6.45) is 4.16. The number of allylic oxidation sites excluding steroid dienone is 1. The molecule has 0 atom stereocenters. The van der Waals surface area contributed by atoms with Crippen molar-refractivity contribution in [3.05, 3.63) is 54.2 Å². The molecule has 25 heavy (non-hydrogen) atoms. The van der Waals surface area contributed by atoms with Gasteiger partial charge in [-0.15, -0.1) is 0 Å². The summed E-state index contributed by atoms with van der Waals surface area (Å²) < 4.78 is 0. The second-order valence-electron chi connectivity index (χ2n) is 5.53. The molecule has 2 rings (SSSR count). The fraction of sp³-hybridized carbons (Fsp3) is 0.211. The van der Waals surface area contributed by atoms with Gasteiger partial charge in [0.05, 0.1) is 5.69 Å². The molecule has 2 aromatic rings. The minimum atomic E-state index is -0.870. The predicted octanol–water partition coefficient (Wildman–Crippen LogP) is 3.41. The van der Waals surface area contributed by atoms with Crippen molar-refractivity contribution in [1.29, 1.82) is 0 Å². The maximum absolute atomic E-state index is 12.5. The molecule has 0 aromatic heterocycles. The topological polar surface area (TPSA) is 77.9 Å². The van der Waals surface area contributed by atoms with Gasteiger partial charge in [-0.1, -0.05) is 36.4 Å². The van der Waals surface area contributed by atoms with E-state index < -0.39 is 12.0 Å². The van der Waals surface area contributed by atoms with Crippen LogP contribution in [-0.4, -0.2) is 35.5 Å². The summed E-state index contributed by atoms with van der Waals surface area (Å²) in [5.74, 6) is -0.870. The second-order valence-corrected chi connectivity index (χ2v) is 5.53. The molecule has 0 unspecified atom stereocenters. The predicted molar refractivity (Wildman–Crippen MR) is 96.4 cm³/mol. The van der Waals surface area contributed by atoms with Gasteiger partial charge < -0.3 is 10.0 Å². The highest BCUT2D eigenvalue weighted by Gasteiger charge is 2.20. The number of imide groups is 1. The number of amides is 3. The van der Waals surface area contributed by atoms with Crippen molar-refractivity contribution in [3.63, 3.8) is 0 Å². The number of hydrogen-bond acceptors (Lipinski definition) is 3. The highest BCUT2D eigenvalue weighted by Crippen LogP contribution is 2.29. The molecule has 3 amide bonds. The van der Waals surface area contributed by atoms with Crippen LogP contribution < -0.4 is 4.90 Å². The lowest BCUT2D eigenvalue weighted by Gasteiger charge is -2.22. The molecular weight excluding hydrogens is 320 g/mol. The molecule has 0 heterocycles. The van der Waals surface area contributed by atoms with E-state index in [1.807, 2.05) is 18.2 Å². The fourth-order valence-electron chi connectivity index (χ4n) is 2.69. The van der Waals surface area contributed by atoms with Crippen molar-refractivity contribution in [3.8, 4) is 0 Å². The van der Waals surface area contributed by atoms with E-state index in [0.717, 1.165) is 21.2 Å². The van der Waals surface area contributed by atoms with E-state index >= 15 is 0 Å². The van der Waals surface area contributed by atoms with Crippen LogP contribution in [-0.2, 0) is 16.0 Å². The smallest absolute Gasteiger partial charge is 0.334 e. The average Bonchev–Trinajstić information content (AvgIpc) is 2.60. The van der Waals surface area contributed by atoms with Crippen LogP contribution >= 0.6 is 0 Å². The third kappa shape index (κ3) is 4.03. The first-order valence-corrected chi connectivity index (χ1v) is 7.86. The Morgan fingerprint density at radius 1 is 1.12 bits per heavy atom. The number of urea groups is 1. The van der Waals surface area contributed by atoms with Gasteiger partial charge in [0, 0.05) is 25.1 Å². The zero-order chi connectivity index (χ0) is 18.4. The van der Waals surface area contributed by atoms with E-state index in [9.17, 15) is 14.4 Å². The van der Waals surface area contributed by atoms with Gasteiger partial charge in [0.25, 0.3) is 0 Å². The second kappa shape index (κ2) is 8.10. The van der Waals surface area contributed by atoms with Gasteiger partial charge in [-0.25, -0.2) is 9.69 Å². The highest BCUT2D eigenvalue weighted by molar-refractivity contribution is 6.12. The van der Waals surface area contributed by atoms with Crippen LogP contribution in [0.1, 0.15) is 18.9 Å². The molecule has 1 N–H and O–H groups in total. The van der Waals surface area contributed by atoms with E-state index in [0.29, 0.717) is 18.5 Å². The first kappa shape index (κ1) is 18.2. The number of aliphatic carboxylic acids is 1. The molecule has 0 radical (unpaired) electrons. The van der Waals surface area contributed by atoms with E-state index in [2.05, 4.69) is 0 Å². The SMILES string of the molecule is C/C=C\N(C)C(=O)N(C=O)c1cccc2c(CCC(=O)O)cccc12. The zero-order valence-corrected chi connectivity index (χ0v) is 14.2. The average molecular weight is 340 g/mol. The number of carbonyl (C=O) groups excluding carboxylic acids is 2. The van der Waals surface area contributed by atoms with Crippen LogP contribution in [0.15, 0.2) is 48.7 Å². The molecule has 0 saturated carbocycles. The largest absolute Gasteiger partial charge is 0.481 e. The number of fused-ring (bicyclic) bond motifs is 1. The van der Waals surface area contributed by atoms with Crippen molar-refractivity contribution in [1.82, 2.24) is 4.90 Å². The van der Waals surface area contributed by atoms with Crippen molar-refractivity contribution in [2.75, 3.05) is 11.9 Å². The fourth-order valence-corrected chi connectivity index (χ4v) is 2.69. The lowest BCUT2D eigenvalue weighted by Crippen LogP contribution is -2.37. The monoisotopic (exact) mass is 340 g/mol. The summed E-state index contributed by atoms with van der Waals surface area (Å²) in [6, 6.07) is 10.3. The summed E-state index contributed by atoms with van der Waals surface area (Å²) in [5.41, 5.74) is 1.33. The molecule has 0 aliphatic rings. The van der Waals surface area contributed by atoms with Crippen molar-refractivity contribution >= 4 is 34.9 Å². The van der Waals surface area contributed by atoms with Crippen LogP contribution in [0.2, 0.25) is 0 Å². The summed E-state index contributed by atoms with van der Waals surface area (Å²) in [6.45, 7) is 1.78. The van der Waals surface area contributed by atoms with Crippen LogP contribution in [0.3, 0.4) is 0 Å². The van der Waals surface area contributed by atoms with Gasteiger partial charge in [-0.2, -0.15) is 0 Å². The normalized spacial score (nSPS) is 10.8. The number of hydrogen-bond donors (Lipinski definition) is 1. The minimum Gasteiger partial charge on any atom is -0.481 e. The number of rotatable bonds is 6. The molecule has 6 nitrogen and oxygen atoms in total. The van der Waals surface area contributed by atoms with Crippen LogP contribution in [0.4, 0.5) is 10.5 Å². The van der Waals surface area contributed by atoms with E-state index in [-0.39, 0.29) is 6.42 Å². The number of benzene rings is 2. The van der Waals surface area contributed by atoms with Gasteiger partial charge in [-0.05, 0) is 30.4 Å². The molecular formula is C19H20N2O4. The maximum atomic E-state index is 12.5. The van der Waals surface area contributed by atoms with Gasteiger partial charge >= 0.3 is 12.0 Å². The number of nitrogens with zero attached hydrogens (tertiary/aromatic N) is 2. The Morgan fingerprint density at radius 3 is 2.44 bits per heavy atom. The lowest BCUT2D eigenvalue weighted by molar-refractivity contribution is -0.136. The van der Waals surface area contributed by atoms with Gasteiger partial charge in [0.15, 0.2) is 0 Å². The Hall–Kier alpha value is -3.15. The third-order valence-electron chi connectivity index (χ3n) is 3.84. The van der Waals surface area contributed by atoms with Gasteiger partial charge in [0.1, 0.15) is 0 Å². The summed E-state index contributed by atoms with van der Waals surface area (Å²) >= 11 is 0. The van der Waals surface area contributed by atoms with Crippen molar-refractivity contribution < 1.29 is 19.5 Å². The minimum absolute atomic E-state index is 0.0176. The molecule has 0 aliphatic heterocycles. The van der Waals surface area contributed by atoms with Gasteiger partial charge in [-0.3, -0.25) is 9.59 Å². The Kier molecular flexibility index (Phi) is 5.89. The first-order chi connectivity index (χ1) is 12.0. The molecule has 0 fully saturated rings. The van der Waals surface area contributed by atoms with Crippen molar-refractivity contribution in [2.24, 2.45) is 0 Å². The summed E-state index contributed by atoms with van der Waals surface area (Å²) in [4.78, 5) is 37.3. The van der Waals surface area contributed by atoms with E-state index in [1.54, 1.807) is 44.4 Å². The standard InChI is InChI=1S/C19H20N2O4/c1-3-12-20(2)19(25)21(13-22)17-9-5-7-15-14(10-11-18(23)24)6-4-8-16(15)17/h3-9,12-13H,10-11H2,1-2H3,(H,23,24)/b12-3-. The van der Waals surface area contributed by atoms with Crippen molar-refractivity contribution in [2.45, 2.75) is 19.8 Å². The quantitative estimate of drug-likeness (QED) is 0.818. The van der Waals surface area contributed by atoms with E-state index in [1.165, 1.54) is 4.90 Å². The number of carboxylic acids is 1. The molecule has 0 aliphatic carbocycles. The number of anilines is 1. The van der Waals surface area contributed by atoms with Crippen LogP contribution in [0, 0.1) is 0 Å². The van der Waals surface area contributed by atoms with Crippen LogP contribution in [0.25, 0.3) is 10.8 Å². The summed E-state index contributed by atoms with van der Waals surface area (Å²) in [5, 5.41) is 10.5. The Labute approximate surface area is 146 Å². The Morgan fingerprint density at radius 2 is 1.80 bits per heavy atom. The first-order valence-electron chi connectivity index (χ1n) is 7.86.